The molecule has 0 aliphatic heterocycles. The van der Waals surface area contributed by atoms with E-state index in [0.717, 1.165) is 6.20 Å². The van der Waals surface area contributed by atoms with Gasteiger partial charge in [-0.1, -0.05) is 0 Å². The summed E-state index contributed by atoms with van der Waals surface area (Å²) >= 11 is 3.17. The Morgan fingerprint density at radius 3 is 2.46 bits per heavy atom. The summed E-state index contributed by atoms with van der Waals surface area (Å²) in [6.45, 7) is 0. The van der Waals surface area contributed by atoms with Crippen molar-refractivity contribution >= 4 is 15.9 Å². The smallest absolute Gasteiger partial charge is 0.187 e. The highest BCUT2D eigenvalue weighted by atomic mass is 79.9. The van der Waals surface area contributed by atoms with Gasteiger partial charge in [-0.2, -0.15) is 0 Å². The highest BCUT2D eigenvalue weighted by Gasteiger charge is 2.17. The van der Waals surface area contributed by atoms with E-state index in [9.17, 15) is 4.39 Å². The molecule has 0 aliphatic rings. The lowest BCUT2D eigenvalue weighted by molar-refractivity contribution is -0.108. The van der Waals surface area contributed by atoms with E-state index in [4.69, 9.17) is 9.47 Å². The van der Waals surface area contributed by atoms with Crippen molar-refractivity contribution in [3.8, 4) is 0 Å². The van der Waals surface area contributed by atoms with Crippen molar-refractivity contribution in [2.45, 2.75) is 6.29 Å². The molecule has 0 amide bonds. The number of pyridine rings is 1. The van der Waals surface area contributed by atoms with Gasteiger partial charge in [0.2, 0.25) is 0 Å². The maximum absolute atomic E-state index is 13.2. The first-order valence-electron chi connectivity index (χ1n) is 3.55. The number of rotatable bonds is 3. The Hall–Kier alpha value is -0.520. The summed E-state index contributed by atoms with van der Waals surface area (Å²) in [6, 6.07) is 0. The first-order chi connectivity index (χ1) is 6.20. The zero-order chi connectivity index (χ0) is 9.84. The molecule has 0 spiro atoms. The van der Waals surface area contributed by atoms with Gasteiger partial charge in [-0.15, -0.1) is 0 Å². The first kappa shape index (κ1) is 10.6. The van der Waals surface area contributed by atoms with Gasteiger partial charge < -0.3 is 9.47 Å². The molecule has 72 valence electrons. The zero-order valence-corrected chi connectivity index (χ0v) is 8.84. The number of ether oxygens (including phenoxy) is 2. The summed E-state index contributed by atoms with van der Waals surface area (Å²) in [5, 5.41) is 0. The molecule has 0 aliphatic carbocycles. The first-order valence-corrected chi connectivity index (χ1v) is 4.34. The lowest BCUT2D eigenvalue weighted by Crippen LogP contribution is -2.07. The fraction of sp³-hybridized carbons (Fsp3) is 0.375. The van der Waals surface area contributed by atoms with Crippen molar-refractivity contribution in [3.63, 3.8) is 0 Å². The second-order valence-corrected chi connectivity index (χ2v) is 3.17. The molecule has 0 atom stereocenters. The average molecular weight is 250 g/mol. The minimum absolute atomic E-state index is 0.319. The van der Waals surface area contributed by atoms with Crippen LogP contribution in [0.25, 0.3) is 0 Å². The van der Waals surface area contributed by atoms with Gasteiger partial charge in [0, 0.05) is 24.9 Å². The summed E-state index contributed by atoms with van der Waals surface area (Å²) in [7, 11) is 2.89. The molecule has 0 N–H and O–H groups in total. The summed E-state index contributed by atoms with van der Waals surface area (Å²) in [4.78, 5) is 3.66. The minimum Gasteiger partial charge on any atom is -0.352 e. The van der Waals surface area contributed by atoms with E-state index in [1.165, 1.54) is 20.4 Å². The van der Waals surface area contributed by atoms with Crippen LogP contribution in [0.1, 0.15) is 11.9 Å². The number of aromatic nitrogens is 1. The van der Waals surface area contributed by atoms with Crippen molar-refractivity contribution in [2.75, 3.05) is 14.2 Å². The molecule has 5 heteroatoms. The number of nitrogens with zero attached hydrogens (tertiary/aromatic N) is 1. The standard InChI is InChI=1S/C8H9BrFNO2/c1-12-8(13-2)7-5(9)3-11-4-6(7)10/h3-4,8H,1-2H3. The predicted molar refractivity (Wildman–Crippen MR) is 48.7 cm³/mol. The third kappa shape index (κ3) is 2.24. The summed E-state index contributed by atoms with van der Waals surface area (Å²) in [6.07, 6.45) is 1.89. The molecule has 1 heterocycles. The molecule has 1 aromatic rings. The molecule has 1 aromatic heterocycles. The van der Waals surface area contributed by atoms with Crippen molar-refractivity contribution in [3.05, 3.63) is 28.2 Å². The highest BCUT2D eigenvalue weighted by molar-refractivity contribution is 9.10. The topological polar surface area (TPSA) is 31.4 Å². The van der Waals surface area contributed by atoms with Crippen molar-refractivity contribution < 1.29 is 13.9 Å². The molecular weight excluding hydrogens is 241 g/mol. The number of hydrogen-bond donors (Lipinski definition) is 0. The van der Waals surface area contributed by atoms with Crippen LogP contribution >= 0.6 is 15.9 Å². The van der Waals surface area contributed by atoms with Gasteiger partial charge in [0.25, 0.3) is 0 Å². The van der Waals surface area contributed by atoms with Gasteiger partial charge >= 0.3 is 0 Å². The lowest BCUT2D eigenvalue weighted by Gasteiger charge is -2.15. The van der Waals surface area contributed by atoms with Crippen molar-refractivity contribution in [1.29, 1.82) is 0 Å². The molecule has 0 bridgehead atoms. The number of methoxy groups -OCH3 is 2. The Bertz CT molecular complexity index is 271. The summed E-state index contributed by atoms with van der Waals surface area (Å²) in [5.74, 6) is -0.455. The van der Waals surface area contributed by atoms with Gasteiger partial charge in [0.1, 0.15) is 0 Å². The van der Waals surface area contributed by atoms with Gasteiger partial charge in [-0.25, -0.2) is 4.39 Å². The van der Waals surface area contributed by atoms with Crippen molar-refractivity contribution in [2.24, 2.45) is 0 Å². The van der Waals surface area contributed by atoms with Crippen LogP contribution < -0.4 is 0 Å². The van der Waals surface area contributed by atoms with Crippen LogP contribution in [-0.4, -0.2) is 19.2 Å². The fourth-order valence-electron chi connectivity index (χ4n) is 0.978. The quantitative estimate of drug-likeness (QED) is 0.771. The molecule has 0 aromatic carbocycles. The fourth-order valence-corrected chi connectivity index (χ4v) is 1.47. The van der Waals surface area contributed by atoms with E-state index < -0.39 is 12.1 Å². The van der Waals surface area contributed by atoms with Crippen LogP contribution in [0.3, 0.4) is 0 Å². The Kier molecular flexibility index (Phi) is 3.77. The van der Waals surface area contributed by atoms with Crippen LogP contribution in [0, 0.1) is 5.82 Å². The van der Waals surface area contributed by atoms with Gasteiger partial charge in [-0.3, -0.25) is 4.98 Å². The van der Waals surface area contributed by atoms with Gasteiger partial charge in [-0.05, 0) is 15.9 Å². The molecule has 0 unspecified atom stereocenters. The van der Waals surface area contributed by atoms with Crippen LogP contribution in [0.4, 0.5) is 4.39 Å². The normalized spacial score (nSPS) is 10.8. The zero-order valence-electron chi connectivity index (χ0n) is 7.25. The molecule has 13 heavy (non-hydrogen) atoms. The van der Waals surface area contributed by atoms with Crippen LogP contribution in [0.2, 0.25) is 0 Å². The van der Waals surface area contributed by atoms with E-state index in [1.807, 2.05) is 0 Å². The number of hydrogen-bond acceptors (Lipinski definition) is 3. The van der Waals surface area contributed by atoms with Crippen LogP contribution in [-0.2, 0) is 9.47 Å². The molecular formula is C8H9BrFNO2. The molecule has 0 saturated heterocycles. The SMILES string of the molecule is COC(OC)c1c(F)cncc1Br. The van der Waals surface area contributed by atoms with E-state index in [0.29, 0.717) is 10.0 Å². The molecule has 3 nitrogen and oxygen atoms in total. The van der Waals surface area contributed by atoms with E-state index in [2.05, 4.69) is 20.9 Å². The van der Waals surface area contributed by atoms with Crippen LogP contribution in [0.5, 0.6) is 0 Å². The van der Waals surface area contributed by atoms with E-state index >= 15 is 0 Å². The lowest BCUT2D eigenvalue weighted by atomic mass is 10.2. The maximum Gasteiger partial charge on any atom is 0.187 e. The minimum atomic E-state index is -0.711. The van der Waals surface area contributed by atoms with Crippen LogP contribution in [0.15, 0.2) is 16.9 Å². The van der Waals surface area contributed by atoms with E-state index in [-0.39, 0.29) is 0 Å². The second-order valence-electron chi connectivity index (χ2n) is 2.32. The Morgan fingerprint density at radius 1 is 1.38 bits per heavy atom. The Morgan fingerprint density at radius 2 is 2.00 bits per heavy atom. The third-order valence-electron chi connectivity index (χ3n) is 1.55. The highest BCUT2D eigenvalue weighted by Crippen LogP contribution is 2.27. The largest absolute Gasteiger partial charge is 0.352 e. The molecule has 1 rings (SSSR count). The van der Waals surface area contributed by atoms with Crippen molar-refractivity contribution in [1.82, 2.24) is 4.98 Å². The van der Waals surface area contributed by atoms with Gasteiger partial charge in [0.05, 0.1) is 11.8 Å². The van der Waals surface area contributed by atoms with E-state index in [1.54, 1.807) is 0 Å². The van der Waals surface area contributed by atoms with Gasteiger partial charge in [0.15, 0.2) is 12.1 Å². The summed E-state index contributed by atoms with van der Waals surface area (Å²) in [5.41, 5.74) is 0.319. The Balaban J connectivity index is 3.10. The molecule has 0 saturated carbocycles. The third-order valence-corrected chi connectivity index (χ3v) is 2.19. The number of halogens is 2. The average Bonchev–Trinajstić information content (AvgIpc) is 2.11. The second kappa shape index (κ2) is 4.64. The molecule has 0 fully saturated rings. The maximum atomic E-state index is 13.2. The monoisotopic (exact) mass is 249 g/mol. The molecule has 0 radical (unpaired) electrons. The summed E-state index contributed by atoms with van der Waals surface area (Å²) < 4.78 is 23.6. The Labute approximate surface area is 84.0 Å². The predicted octanol–water partition coefficient (Wildman–Crippen LogP) is 2.27.